The molecular formula is C17H18F3N. The normalized spacial score (nSPS) is 22.6. The van der Waals surface area contributed by atoms with Gasteiger partial charge in [0.25, 0.3) is 0 Å². The molecule has 1 saturated carbocycles. The fraction of sp³-hybridized carbons (Fsp3) is 0.471. The van der Waals surface area contributed by atoms with E-state index in [1.807, 2.05) is 18.2 Å². The largest absolute Gasteiger partial charge is 0.242 e. The molecule has 0 amide bonds. The second-order valence-electron chi connectivity index (χ2n) is 5.52. The summed E-state index contributed by atoms with van der Waals surface area (Å²) < 4.78 is 37.7. The van der Waals surface area contributed by atoms with Crippen LogP contribution in [0.2, 0.25) is 0 Å². The highest BCUT2D eigenvalue weighted by Gasteiger charge is 2.21. The molecule has 0 aliphatic heterocycles. The van der Waals surface area contributed by atoms with Crippen LogP contribution in [0.1, 0.15) is 49.1 Å². The lowest BCUT2D eigenvalue weighted by molar-refractivity contribution is 0.152. The van der Waals surface area contributed by atoms with Crippen LogP contribution in [0.4, 0.5) is 13.2 Å². The van der Waals surface area contributed by atoms with E-state index in [0.29, 0.717) is 11.8 Å². The third-order valence-electron chi connectivity index (χ3n) is 4.08. The van der Waals surface area contributed by atoms with Gasteiger partial charge in [-0.3, -0.25) is 0 Å². The second kappa shape index (κ2) is 7.31. The molecule has 0 saturated heterocycles. The van der Waals surface area contributed by atoms with E-state index >= 15 is 0 Å². The zero-order chi connectivity index (χ0) is 15.2. The first-order valence-corrected chi connectivity index (χ1v) is 7.24. The Bertz CT molecular complexity index is 537. The Balaban J connectivity index is 1.91. The molecule has 0 spiro atoms. The lowest BCUT2D eigenvalue weighted by Crippen LogP contribution is -2.12. The quantitative estimate of drug-likeness (QED) is 0.701. The summed E-state index contributed by atoms with van der Waals surface area (Å²) >= 11 is 0. The van der Waals surface area contributed by atoms with Gasteiger partial charge in [0.05, 0.1) is 5.56 Å². The predicted octanol–water partition coefficient (Wildman–Crippen LogP) is 5.18. The molecule has 1 aliphatic carbocycles. The van der Waals surface area contributed by atoms with E-state index in [-0.39, 0.29) is 12.0 Å². The van der Waals surface area contributed by atoms with Crippen LogP contribution in [-0.4, -0.2) is 6.43 Å². The Hall–Kier alpha value is -1.76. The lowest BCUT2D eigenvalue weighted by Gasteiger charge is -2.27. The highest BCUT2D eigenvalue weighted by molar-refractivity contribution is 5.35. The maximum absolute atomic E-state index is 13.6. The second-order valence-corrected chi connectivity index (χ2v) is 5.52. The Kier molecular flexibility index (Phi) is 5.44. The highest BCUT2D eigenvalue weighted by Crippen LogP contribution is 2.36. The summed E-state index contributed by atoms with van der Waals surface area (Å²) in [4.78, 5) is 0. The minimum absolute atomic E-state index is 0.0716. The number of alkyl halides is 2. The van der Waals surface area contributed by atoms with Crippen molar-refractivity contribution in [1.29, 1.82) is 5.26 Å². The highest BCUT2D eigenvalue weighted by atomic mass is 19.3. The molecule has 0 atom stereocenters. The van der Waals surface area contributed by atoms with Gasteiger partial charge in [0.15, 0.2) is 0 Å². The average molecular weight is 293 g/mol. The predicted molar refractivity (Wildman–Crippen MR) is 75.6 cm³/mol. The number of halogens is 3. The Labute approximate surface area is 123 Å². The van der Waals surface area contributed by atoms with Crippen LogP contribution in [0.5, 0.6) is 0 Å². The van der Waals surface area contributed by atoms with Crippen molar-refractivity contribution in [2.24, 2.45) is 5.92 Å². The maximum Gasteiger partial charge on any atom is 0.242 e. The molecule has 2 rings (SSSR count). The molecule has 1 aliphatic rings. The van der Waals surface area contributed by atoms with Crippen molar-refractivity contribution >= 4 is 0 Å². The zero-order valence-electron chi connectivity index (χ0n) is 11.7. The molecule has 1 fully saturated rings. The fourth-order valence-corrected chi connectivity index (χ4v) is 2.89. The van der Waals surface area contributed by atoms with Gasteiger partial charge in [-0.05, 0) is 55.2 Å². The molecular weight excluding hydrogens is 275 g/mol. The summed E-state index contributed by atoms with van der Waals surface area (Å²) in [5.74, 6) is 0.184. The van der Waals surface area contributed by atoms with Crippen molar-refractivity contribution < 1.29 is 13.2 Å². The van der Waals surface area contributed by atoms with E-state index < -0.39 is 12.2 Å². The van der Waals surface area contributed by atoms with E-state index in [0.717, 1.165) is 31.2 Å². The summed E-state index contributed by atoms with van der Waals surface area (Å²) in [5.41, 5.74) is 1.00. The molecule has 0 heterocycles. The van der Waals surface area contributed by atoms with E-state index in [2.05, 4.69) is 0 Å². The number of nitrogens with zero attached hydrogens (tertiary/aromatic N) is 1. The van der Waals surface area contributed by atoms with E-state index in [1.54, 1.807) is 6.08 Å². The number of hydrogen-bond acceptors (Lipinski definition) is 1. The topological polar surface area (TPSA) is 23.8 Å². The molecule has 0 radical (unpaired) electrons. The maximum atomic E-state index is 13.6. The van der Waals surface area contributed by atoms with Gasteiger partial charge in [0.2, 0.25) is 6.43 Å². The SMILES string of the molecule is N#Cc1ccc(C2CCC(C=CCC(F)F)CC2)cc1F. The van der Waals surface area contributed by atoms with Crippen LogP contribution in [-0.2, 0) is 0 Å². The molecule has 21 heavy (non-hydrogen) atoms. The van der Waals surface area contributed by atoms with E-state index in [4.69, 9.17) is 5.26 Å². The van der Waals surface area contributed by atoms with Crippen molar-refractivity contribution in [2.75, 3.05) is 0 Å². The number of benzene rings is 1. The molecule has 4 heteroatoms. The fourth-order valence-electron chi connectivity index (χ4n) is 2.89. The Morgan fingerprint density at radius 2 is 1.95 bits per heavy atom. The van der Waals surface area contributed by atoms with E-state index in [9.17, 15) is 13.2 Å². The standard InChI is InChI=1S/C17H18F3N/c18-16-10-14(8-9-15(16)11-21)13-6-4-12(5-7-13)2-1-3-17(19)20/h1-2,8-10,12-13,17H,3-7H2. The first-order valence-electron chi connectivity index (χ1n) is 7.24. The summed E-state index contributed by atoms with van der Waals surface area (Å²) in [7, 11) is 0. The summed E-state index contributed by atoms with van der Waals surface area (Å²) in [5, 5.41) is 8.72. The summed E-state index contributed by atoms with van der Waals surface area (Å²) in [6.07, 6.45) is 4.72. The van der Waals surface area contributed by atoms with Crippen molar-refractivity contribution in [3.63, 3.8) is 0 Å². The minimum atomic E-state index is -2.28. The smallest absolute Gasteiger partial charge is 0.210 e. The van der Waals surface area contributed by atoms with Crippen LogP contribution < -0.4 is 0 Å². The van der Waals surface area contributed by atoms with Gasteiger partial charge < -0.3 is 0 Å². The lowest BCUT2D eigenvalue weighted by atomic mass is 9.78. The number of hydrogen-bond donors (Lipinski definition) is 0. The Morgan fingerprint density at radius 1 is 1.24 bits per heavy atom. The minimum Gasteiger partial charge on any atom is -0.210 e. The number of nitriles is 1. The molecule has 112 valence electrons. The van der Waals surface area contributed by atoms with Gasteiger partial charge in [-0.15, -0.1) is 0 Å². The Morgan fingerprint density at radius 3 is 2.52 bits per heavy atom. The van der Waals surface area contributed by atoms with Crippen molar-refractivity contribution in [3.8, 4) is 6.07 Å². The van der Waals surface area contributed by atoms with Crippen molar-refractivity contribution in [1.82, 2.24) is 0 Å². The average Bonchev–Trinajstić information content (AvgIpc) is 2.47. The van der Waals surface area contributed by atoms with Crippen LogP contribution in [0, 0.1) is 23.1 Å². The third-order valence-corrected chi connectivity index (χ3v) is 4.08. The molecule has 0 aromatic heterocycles. The van der Waals surface area contributed by atoms with Gasteiger partial charge in [0, 0.05) is 6.42 Å². The van der Waals surface area contributed by atoms with Gasteiger partial charge >= 0.3 is 0 Å². The summed E-state index contributed by atoms with van der Waals surface area (Å²) in [6.45, 7) is 0. The van der Waals surface area contributed by atoms with Gasteiger partial charge in [-0.25, -0.2) is 13.2 Å². The molecule has 1 aromatic carbocycles. The molecule has 0 N–H and O–H groups in total. The van der Waals surface area contributed by atoms with Gasteiger partial charge in [-0.2, -0.15) is 5.26 Å². The van der Waals surface area contributed by atoms with E-state index in [1.165, 1.54) is 12.1 Å². The van der Waals surface area contributed by atoms with Crippen LogP contribution >= 0.6 is 0 Å². The molecule has 1 nitrogen and oxygen atoms in total. The van der Waals surface area contributed by atoms with Crippen molar-refractivity contribution in [3.05, 3.63) is 47.3 Å². The van der Waals surface area contributed by atoms with Gasteiger partial charge in [-0.1, -0.05) is 18.2 Å². The monoisotopic (exact) mass is 293 g/mol. The zero-order valence-corrected chi connectivity index (χ0v) is 11.7. The molecule has 0 bridgehead atoms. The van der Waals surface area contributed by atoms with Crippen LogP contribution in [0.25, 0.3) is 0 Å². The molecule has 0 unspecified atom stereocenters. The third kappa shape index (κ3) is 4.35. The van der Waals surface area contributed by atoms with Crippen LogP contribution in [0.3, 0.4) is 0 Å². The number of allylic oxidation sites excluding steroid dienone is 2. The first-order chi connectivity index (χ1) is 10.1. The van der Waals surface area contributed by atoms with Crippen LogP contribution in [0.15, 0.2) is 30.4 Å². The summed E-state index contributed by atoms with van der Waals surface area (Å²) in [6, 6.07) is 6.62. The number of rotatable bonds is 4. The van der Waals surface area contributed by atoms with Crippen molar-refractivity contribution in [2.45, 2.75) is 44.4 Å². The van der Waals surface area contributed by atoms with Gasteiger partial charge in [0.1, 0.15) is 11.9 Å². The molecule has 1 aromatic rings. The first kappa shape index (κ1) is 15.6.